The molecule has 3 nitrogen and oxygen atoms in total. The van der Waals surface area contributed by atoms with Gasteiger partial charge in [-0.2, -0.15) is 0 Å². The molecule has 4 fully saturated rings. The van der Waals surface area contributed by atoms with Crippen LogP contribution in [0.2, 0.25) is 0 Å². The number of hydrogen-bond acceptors (Lipinski definition) is 3. The van der Waals surface area contributed by atoms with Crippen molar-refractivity contribution in [2.75, 3.05) is 0 Å². The first-order chi connectivity index (χ1) is 9.64. The van der Waals surface area contributed by atoms with Crippen LogP contribution in [0.4, 0.5) is 0 Å². The largest absolute Gasteiger partial charge is 0.455 e. The van der Waals surface area contributed by atoms with Gasteiger partial charge < -0.3 is 9.84 Å². The van der Waals surface area contributed by atoms with E-state index in [0.29, 0.717) is 23.3 Å². The highest BCUT2D eigenvalue weighted by Gasteiger charge is 2.58. The zero-order valence-electron chi connectivity index (χ0n) is 11.5. The molecule has 3 atom stereocenters. The molecule has 4 saturated carbocycles. The predicted molar refractivity (Wildman–Crippen MR) is 74.2 cm³/mol. The second-order valence-corrected chi connectivity index (χ2v) is 6.90. The van der Waals surface area contributed by atoms with Crippen LogP contribution in [-0.2, 0) is 4.74 Å². The molecular weight excluding hydrogens is 252 g/mol. The fraction of sp³-hybridized carbons (Fsp3) is 0.588. The van der Waals surface area contributed by atoms with Gasteiger partial charge >= 0.3 is 5.97 Å². The average Bonchev–Trinajstić information content (AvgIpc) is 2.42. The Hall–Kier alpha value is -1.35. The molecule has 3 unspecified atom stereocenters. The zero-order chi connectivity index (χ0) is 13.7. The van der Waals surface area contributed by atoms with Crippen molar-refractivity contribution in [3.8, 4) is 0 Å². The summed E-state index contributed by atoms with van der Waals surface area (Å²) in [5.74, 6) is 1.35. The van der Waals surface area contributed by atoms with E-state index in [1.54, 1.807) is 12.1 Å². The van der Waals surface area contributed by atoms with E-state index in [0.717, 1.165) is 25.7 Å². The Morgan fingerprint density at radius 3 is 2.35 bits per heavy atom. The predicted octanol–water partition coefficient (Wildman–Crippen LogP) is 2.78. The first-order valence-corrected chi connectivity index (χ1v) is 7.62. The molecular formula is C17H20O3. The molecule has 4 aliphatic carbocycles. The Bertz CT molecular complexity index is 510. The summed E-state index contributed by atoms with van der Waals surface area (Å²) < 4.78 is 5.73. The Kier molecular flexibility index (Phi) is 2.68. The van der Waals surface area contributed by atoms with Crippen molar-refractivity contribution in [2.24, 2.45) is 17.8 Å². The van der Waals surface area contributed by atoms with Crippen LogP contribution in [0, 0.1) is 17.8 Å². The van der Waals surface area contributed by atoms with E-state index in [-0.39, 0.29) is 12.1 Å². The monoisotopic (exact) mass is 272 g/mol. The Balaban J connectivity index is 1.55. The van der Waals surface area contributed by atoms with Gasteiger partial charge in [-0.15, -0.1) is 0 Å². The molecule has 0 aliphatic heterocycles. The van der Waals surface area contributed by atoms with Crippen molar-refractivity contribution in [2.45, 2.75) is 43.8 Å². The maximum Gasteiger partial charge on any atom is 0.338 e. The summed E-state index contributed by atoms with van der Waals surface area (Å²) >= 11 is 0. The number of carbonyl (C=O) groups excluding carboxylic acids is 1. The van der Waals surface area contributed by atoms with Crippen LogP contribution in [0.5, 0.6) is 0 Å². The lowest BCUT2D eigenvalue weighted by Crippen LogP contribution is -2.61. The van der Waals surface area contributed by atoms with E-state index in [4.69, 9.17) is 4.74 Å². The Labute approximate surface area is 118 Å². The zero-order valence-corrected chi connectivity index (χ0v) is 11.5. The van der Waals surface area contributed by atoms with E-state index in [1.807, 2.05) is 18.2 Å². The summed E-state index contributed by atoms with van der Waals surface area (Å²) in [5.41, 5.74) is -0.191. The van der Waals surface area contributed by atoms with Crippen molar-refractivity contribution < 1.29 is 14.6 Å². The van der Waals surface area contributed by atoms with Gasteiger partial charge in [0.1, 0.15) is 11.7 Å². The van der Waals surface area contributed by atoms with Crippen LogP contribution < -0.4 is 0 Å². The smallest absolute Gasteiger partial charge is 0.338 e. The number of esters is 1. The lowest BCUT2D eigenvalue weighted by Gasteiger charge is -2.57. The van der Waals surface area contributed by atoms with Gasteiger partial charge in [-0.1, -0.05) is 18.2 Å². The van der Waals surface area contributed by atoms with Gasteiger partial charge in [-0.05, 0) is 62.0 Å². The van der Waals surface area contributed by atoms with E-state index >= 15 is 0 Å². The van der Waals surface area contributed by atoms with E-state index in [9.17, 15) is 9.90 Å². The van der Waals surface area contributed by atoms with Crippen LogP contribution in [0.1, 0.15) is 42.5 Å². The van der Waals surface area contributed by atoms with Gasteiger partial charge in [0, 0.05) is 0 Å². The van der Waals surface area contributed by atoms with Crippen LogP contribution >= 0.6 is 0 Å². The Morgan fingerprint density at radius 2 is 1.75 bits per heavy atom. The highest BCUT2D eigenvalue weighted by atomic mass is 16.6. The van der Waals surface area contributed by atoms with Gasteiger partial charge in [0.05, 0.1) is 5.56 Å². The third kappa shape index (κ3) is 1.87. The highest BCUT2D eigenvalue weighted by molar-refractivity contribution is 5.89. The normalized spacial score (nSPS) is 41.6. The number of rotatable bonds is 2. The van der Waals surface area contributed by atoms with Gasteiger partial charge in [-0.25, -0.2) is 4.79 Å². The standard InChI is InChI=1S/C17H20O3/c18-16(13-4-2-1-3-5-13)20-15-14-7-11-6-12(8-14)10-17(15,19)9-11/h1-5,11-12,14-15,19H,6-10H2. The number of benzene rings is 1. The highest BCUT2D eigenvalue weighted by Crippen LogP contribution is 2.56. The summed E-state index contributed by atoms with van der Waals surface area (Å²) in [6.45, 7) is 0. The minimum absolute atomic E-state index is 0.295. The number of hydrogen-bond donors (Lipinski definition) is 1. The molecule has 4 bridgehead atoms. The van der Waals surface area contributed by atoms with Crippen LogP contribution in [0.15, 0.2) is 30.3 Å². The lowest BCUT2D eigenvalue weighted by atomic mass is 9.53. The van der Waals surface area contributed by atoms with Gasteiger partial charge in [0.2, 0.25) is 0 Å². The molecule has 5 rings (SSSR count). The fourth-order valence-corrected chi connectivity index (χ4v) is 4.91. The number of carbonyl (C=O) groups is 1. The van der Waals surface area contributed by atoms with E-state index in [1.165, 1.54) is 6.42 Å². The van der Waals surface area contributed by atoms with Crippen LogP contribution in [0.25, 0.3) is 0 Å². The first kappa shape index (κ1) is 12.4. The number of ether oxygens (including phenoxy) is 1. The first-order valence-electron chi connectivity index (χ1n) is 7.62. The van der Waals surface area contributed by atoms with Crippen molar-refractivity contribution in [1.29, 1.82) is 0 Å². The minimum atomic E-state index is -0.765. The molecule has 20 heavy (non-hydrogen) atoms. The van der Waals surface area contributed by atoms with Crippen molar-refractivity contribution in [3.63, 3.8) is 0 Å². The second-order valence-electron chi connectivity index (χ2n) is 6.90. The van der Waals surface area contributed by atoms with Crippen molar-refractivity contribution >= 4 is 5.97 Å². The molecule has 1 N–H and O–H groups in total. The molecule has 0 aromatic heterocycles. The third-order valence-electron chi connectivity index (χ3n) is 5.42. The maximum atomic E-state index is 12.2. The van der Waals surface area contributed by atoms with Crippen LogP contribution in [-0.4, -0.2) is 22.8 Å². The molecule has 0 radical (unpaired) electrons. The average molecular weight is 272 g/mol. The maximum absolute atomic E-state index is 12.2. The number of aliphatic hydroxyl groups is 1. The third-order valence-corrected chi connectivity index (χ3v) is 5.42. The fourth-order valence-electron chi connectivity index (χ4n) is 4.91. The summed E-state index contributed by atoms with van der Waals surface area (Å²) in [6.07, 6.45) is 4.82. The van der Waals surface area contributed by atoms with E-state index < -0.39 is 5.60 Å². The molecule has 1 aromatic rings. The molecule has 3 heteroatoms. The van der Waals surface area contributed by atoms with Crippen LogP contribution in [0.3, 0.4) is 0 Å². The van der Waals surface area contributed by atoms with Gasteiger partial charge in [-0.3, -0.25) is 0 Å². The summed E-state index contributed by atoms with van der Waals surface area (Å²) in [5, 5.41) is 10.9. The minimum Gasteiger partial charge on any atom is -0.455 e. The van der Waals surface area contributed by atoms with Gasteiger partial charge in [0.15, 0.2) is 0 Å². The molecule has 0 amide bonds. The quantitative estimate of drug-likeness (QED) is 0.842. The molecule has 106 valence electrons. The second kappa shape index (κ2) is 4.32. The SMILES string of the molecule is O=C(OC1C2CC3CC(C2)CC1(O)C3)c1ccccc1. The molecule has 0 heterocycles. The molecule has 4 aliphatic rings. The summed E-state index contributed by atoms with van der Waals surface area (Å²) in [7, 11) is 0. The lowest BCUT2D eigenvalue weighted by molar-refractivity contribution is -0.204. The molecule has 0 spiro atoms. The topological polar surface area (TPSA) is 46.5 Å². The molecule has 1 aromatic carbocycles. The Morgan fingerprint density at radius 1 is 1.10 bits per heavy atom. The van der Waals surface area contributed by atoms with Crippen molar-refractivity contribution in [3.05, 3.63) is 35.9 Å². The molecule has 0 saturated heterocycles. The van der Waals surface area contributed by atoms with Gasteiger partial charge in [0.25, 0.3) is 0 Å². The summed E-state index contributed by atoms with van der Waals surface area (Å²) in [4.78, 5) is 12.2. The summed E-state index contributed by atoms with van der Waals surface area (Å²) in [6, 6.07) is 9.09. The van der Waals surface area contributed by atoms with E-state index in [2.05, 4.69) is 0 Å². The van der Waals surface area contributed by atoms with Crippen molar-refractivity contribution in [1.82, 2.24) is 0 Å².